The van der Waals surface area contributed by atoms with Crippen molar-refractivity contribution in [2.24, 2.45) is 0 Å². The lowest BCUT2D eigenvalue weighted by Gasteiger charge is -2.20. The van der Waals surface area contributed by atoms with Gasteiger partial charge in [0.2, 0.25) is 0 Å². The third kappa shape index (κ3) is 3.18. The molecule has 18 heavy (non-hydrogen) atoms. The van der Waals surface area contributed by atoms with Gasteiger partial charge in [-0.25, -0.2) is 0 Å². The van der Waals surface area contributed by atoms with Gasteiger partial charge in [0.1, 0.15) is 0 Å². The zero-order chi connectivity index (χ0) is 13.0. The van der Waals surface area contributed by atoms with Crippen molar-refractivity contribution in [1.29, 1.82) is 0 Å². The summed E-state index contributed by atoms with van der Waals surface area (Å²) in [6.07, 6.45) is 2.99. The van der Waals surface area contributed by atoms with Gasteiger partial charge in [-0.1, -0.05) is 30.7 Å². The number of nitrogens with zero attached hydrogens (tertiary/aromatic N) is 1. The molecule has 0 aliphatic carbocycles. The van der Waals surface area contributed by atoms with Crippen LogP contribution in [0.1, 0.15) is 34.5 Å². The van der Waals surface area contributed by atoms with Gasteiger partial charge < -0.3 is 5.32 Å². The third-order valence-electron chi connectivity index (χ3n) is 3.14. The molecule has 0 aliphatic heterocycles. The summed E-state index contributed by atoms with van der Waals surface area (Å²) in [6, 6.07) is 7.08. The Hall–Kier alpha value is -1.19. The van der Waals surface area contributed by atoms with Crippen molar-refractivity contribution in [3.05, 3.63) is 51.5 Å². The molecule has 2 aromatic rings. The summed E-state index contributed by atoms with van der Waals surface area (Å²) >= 11 is 1.73. The molecule has 1 aromatic heterocycles. The van der Waals surface area contributed by atoms with Crippen LogP contribution in [0.15, 0.2) is 29.9 Å². The number of hydrogen-bond donors (Lipinski definition) is 1. The highest BCUT2D eigenvalue weighted by Crippen LogP contribution is 2.24. The predicted octanol–water partition coefficient (Wildman–Crippen LogP) is 3.65. The van der Waals surface area contributed by atoms with Crippen molar-refractivity contribution in [3.8, 4) is 0 Å². The molecule has 0 bridgehead atoms. The van der Waals surface area contributed by atoms with Crippen molar-refractivity contribution in [2.45, 2.75) is 33.2 Å². The third-order valence-corrected chi connectivity index (χ3v) is 3.94. The van der Waals surface area contributed by atoms with Crippen molar-refractivity contribution < 1.29 is 0 Å². The maximum Gasteiger partial charge on any atom is 0.0794 e. The lowest BCUT2D eigenvalue weighted by molar-refractivity contribution is 0.550. The summed E-state index contributed by atoms with van der Waals surface area (Å²) in [4.78, 5) is 5.49. The fraction of sp³-hybridized carbons (Fsp3) is 0.400. The average molecular weight is 260 g/mol. The van der Waals surface area contributed by atoms with Crippen LogP contribution < -0.4 is 5.32 Å². The molecule has 1 heterocycles. The highest BCUT2D eigenvalue weighted by atomic mass is 32.1. The van der Waals surface area contributed by atoms with Crippen LogP contribution in [-0.4, -0.2) is 11.5 Å². The van der Waals surface area contributed by atoms with Gasteiger partial charge in [0.15, 0.2) is 0 Å². The van der Waals surface area contributed by atoms with Gasteiger partial charge in [0.25, 0.3) is 0 Å². The summed E-state index contributed by atoms with van der Waals surface area (Å²) in [5.74, 6) is 0. The number of hydrogen-bond acceptors (Lipinski definition) is 3. The van der Waals surface area contributed by atoms with Crippen molar-refractivity contribution >= 4 is 11.3 Å². The normalized spacial score (nSPS) is 12.6. The Kier molecular flexibility index (Phi) is 4.50. The molecular formula is C15H20N2S. The second kappa shape index (κ2) is 6.12. The Morgan fingerprint density at radius 2 is 2.17 bits per heavy atom. The molecule has 1 atom stereocenters. The SMILES string of the molecule is CCNC(Cc1cncs1)c1ccc(C)cc1C. The molecule has 0 amide bonds. The summed E-state index contributed by atoms with van der Waals surface area (Å²) in [5.41, 5.74) is 5.99. The van der Waals surface area contributed by atoms with Crippen LogP contribution in [0, 0.1) is 13.8 Å². The van der Waals surface area contributed by atoms with Gasteiger partial charge in [-0.3, -0.25) is 4.98 Å². The first-order chi connectivity index (χ1) is 8.70. The zero-order valence-electron chi connectivity index (χ0n) is 11.2. The quantitative estimate of drug-likeness (QED) is 0.887. The summed E-state index contributed by atoms with van der Waals surface area (Å²) < 4.78 is 0. The van der Waals surface area contributed by atoms with E-state index in [2.05, 4.69) is 49.3 Å². The van der Waals surface area contributed by atoms with Gasteiger partial charge >= 0.3 is 0 Å². The number of likely N-dealkylation sites (N-methyl/N-ethyl adjacent to an activating group) is 1. The first-order valence-electron chi connectivity index (χ1n) is 6.38. The molecule has 1 N–H and O–H groups in total. The largest absolute Gasteiger partial charge is 0.310 e. The van der Waals surface area contributed by atoms with Crippen molar-refractivity contribution in [2.75, 3.05) is 6.54 Å². The Morgan fingerprint density at radius 3 is 2.78 bits per heavy atom. The Labute approximate surface area is 113 Å². The summed E-state index contributed by atoms with van der Waals surface area (Å²) in [7, 11) is 0. The highest BCUT2D eigenvalue weighted by Gasteiger charge is 2.14. The Bertz CT molecular complexity index is 491. The number of rotatable bonds is 5. The minimum atomic E-state index is 0.385. The second-order valence-electron chi connectivity index (χ2n) is 4.64. The lowest BCUT2D eigenvalue weighted by atomic mass is 9.96. The Morgan fingerprint density at radius 1 is 1.33 bits per heavy atom. The minimum Gasteiger partial charge on any atom is -0.310 e. The first-order valence-corrected chi connectivity index (χ1v) is 7.26. The molecule has 2 nitrogen and oxygen atoms in total. The molecule has 0 radical (unpaired) electrons. The molecule has 0 spiro atoms. The van der Waals surface area contributed by atoms with Crippen LogP contribution in [0.2, 0.25) is 0 Å². The number of nitrogens with one attached hydrogen (secondary N) is 1. The molecule has 96 valence electrons. The number of aromatic nitrogens is 1. The predicted molar refractivity (Wildman–Crippen MR) is 78.2 cm³/mol. The molecular weight excluding hydrogens is 240 g/mol. The minimum absolute atomic E-state index is 0.385. The zero-order valence-corrected chi connectivity index (χ0v) is 12.1. The molecule has 0 fully saturated rings. The van der Waals surface area contributed by atoms with E-state index in [9.17, 15) is 0 Å². The average Bonchev–Trinajstić information content (AvgIpc) is 2.81. The lowest BCUT2D eigenvalue weighted by Crippen LogP contribution is -2.23. The van der Waals surface area contributed by atoms with Crippen LogP contribution in [0.25, 0.3) is 0 Å². The van der Waals surface area contributed by atoms with Crippen molar-refractivity contribution in [1.82, 2.24) is 10.3 Å². The van der Waals surface area contributed by atoms with Crippen LogP contribution >= 0.6 is 11.3 Å². The van der Waals surface area contributed by atoms with Gasteiger partial charge in [-0.2, -0.15) is 0 Å². The topological polar surface area (TPSA) is 24.9 Å². The monoisotopic (exact) mass is 260 g/mol. The van der Waals surface area contributed by atoms with Crippen LogP contribution in [0.3, 0.4) is 0 Å². The molecule has 2 rings (SSSR count). The number of thiazole rings is 1. The molecule has 1 aromatic carbocycles. The van der Waals surface area contributed by atoms with Crippen LogP contribution in [-0.2, 0) is 6.42 Å². The standard InChI is InChI=1S/C15H20N2S/c1-4-17-15(8-13-9-16-10-18-13)14-6-5-11(2)7-12(14)3/h5-7,9-10,15,17H,4,8H2,1-3H3. The highest BCUT2D eigenvalue weighted by molar-refractivity contribution is 7.09. The molecule has 0 saturated heterocycles. The van der Waals surface area contributed by atoms with E-state index >= 15 is 0 Å². The van der Waals surface area contributed by atoms with E-state index in [-0.39, 0.29) is 0 Å². The Balaban J connectivity index is 2.23. The number of benzene rings is 1. The fourth-order valence-corrected chi connectivity index (χ4v) is 2.94. The van der Waals surface area contributed by atoms with Gasteiger partial charge in [-0.15, -0.1) is 11.3 Å². The van der Waals surface area contributed by atoms with E-state index in [0.29, 0.717) is 6.04 Å². The molecule has 3 heteroatoms. The number of aryl methyl sites for hydroxylation is 2. The smallest absolute Gasteiger partial charge is 0.0794 e. The van der Waals surface area contributed by atoms with Crippen LogP contribution in [0.5, 0.6) is 0 Å². The molecule has 0 aliphatic rings. The molecule has 1 unspecified atom stereocenters. The summed E-state index contributed by atoms with van der Waals surface area (Å²) in [6.45, 7) is 7.47. The van der Waals surface area contributed by atoms with E-state index in [1.165, 1.54) is 21.6 Å². The summed E-state index contributed by atoms with van der Waals surface area (Å²) in [5, 5.41) is 3.58. The fourth-order valence-electron chi connectivity index (χ4n) is 2.30. The maximum absolute atomic E-state index is 4.16. The van der Waals surface area contributed by atoms with E-state index in [1.807, 2.05) is 11.7 Å². The second-order valence-corrected chi connectivity index (χ2v) is 5.61. The van der Waals surface area contributed by atoms with Crippen molar-refractivity contribution in [3.63, 3.8) is 0 Å². The van der Waals surface area contributed by atoms with E-state index in [4.69, 9.17) is 0 Å². The van der Waals surface area contributed by atoms with Gasteiger partial charge in [0, 0.05) is 23.5 Å². The molecule has 0 saturated carbocycles. The van der Waals surface area contributed by atoms with E-state index in [1.54, 1.807) is 11.3 Å². The van der Waals surface area contributed by atoms with Gasteiger partial charge in [0.05, 0.1) is 5.51 Å². The van der Waals surface area contributed by atoms with Gasteiger partial charge in [-0.05, 0) is 31.5 Å². The maximum atomic E-state index is 4.16. The van der Waals surface area contributed by atoms with E-state index < -0.39 is 0 Å². The first kappa shape index (κ1) is 13.2. The van der Waals surface area contributed by atoms with Crippen LogP contribution in [0.4, 0.5) is 0 Å². The van der Waals surface area contributed by atoms with E-state index in [0.717, 1.165) is 13.0 Å².